The Morgan fingerprint density at radius 1 is 1.07 bits per heavy atom. The molecule has 1 aliphatic heterocycles. The molecule has 3 rings (SSSR count). The van der Waals surface area contributed by atoms with Crippen molar-refractivity contribution < 1.29 is 24.2 Å². The molecule has 6 nitrogen and oxygen atoms in total. The summed E-state index contributed by atoms with van der Waals surface area (Å²) < 4.78 is 10.5. The van der Waals surface area contributed by atoms with E-state index in [1.807, 2.05) is 44.2 Å². The van der Waals surface area contributed by atoms with Crippen molar-refractivity contribution in [3.8, 4) is 5.75 Å². The van der Waals surface area contributed by atoms with Crippen molar-refractivity contribution in [2.75, 3.05) is 27.4 Å². The van der Waals surface area contributed by atoms with Crippen LogP contribution in [0, 0.1) is 13.8 Å². The van der Waals surface area contributed by atoms with Crippen LogP contribution in [0.1, 0.15) is 28.3 Å². The third kappa shape index (κ3) is 3.89. The Hall–Kier alpha value is -3.12. The number of carbonyl (C=O) groups is 2. The van der Waals surface area contributed by atoms with Gasteiger partial charge >= 0.3 is 0 Å². The molecule has 1 aliphatic rings. The number of ether oxygens (including phenoxy) is 2. The molecule has 0 radical (unpaired) electrons. The Bertz CT molecular complexity index is 979. The molecule has 1 heterocycles. The van der Waals surface area contributed by atoms with Gasteiger partial charge in [-0.2, -0.15) is 0 Å². The van der Waals surface area contributed by atoms with E-state index in [9.17, 15) is 14.7 Å². The Morgan fingerprint density at radius 3 is 2.45 bits per heavy atom. The molecule has 0 spiro atoms. The smallest absolute Gasteiger partial charge is 0.295 e. The highest BCUT2D eigenvalue weighted by Gasteiger charge is 2.46. The van der Waals surface area contributed by atoms with E-state index in [0.29, 0.717) is 11.3 Å². The number of amides is 1. The standard InChI is InChI=1S/C23H25NO5/c1-14-6-5-7-16(12-14)20-19(22(26)23(27)24(20)10-11-28-3)21(25)17-13-15(2)8-9-18(17)29-4/h5-9,12-13,20,25H,10-11H2,1-4H3/b21-19+. The summed E-state index contributed by atoms with van der Waals surface area (Å²) in [5.74, 6) is -1.18. The summed E-state index contributed by atoms with van der Waals surface area (Å²) in [6, 6.07) is 12.2. The van der Waals surface area contributed by atoms with Crippen LogP contribution < -0.4 is 4.74 Å². The van der Waals surface area contributed by atoms with Crippen LogP contribution in [0.15, 0.2) is 48.0 Å². The van der Waals surface area contributed by atoms with E-state index in [-0.39, 0.29) is 24.5 Å². The van der Waals surface area contributed by atoms with Gasteiger partial charge in [-0.05, 0) is 31.5 Å². The first kappa shape index (κ1) is 20.6. The number of carbonyl (C=O) groups excluding carboxylic acids is 2. The zero-order valence-electron chi connectivity index (χ0n) is 17.1. The summed E-state index contributed by atoms with van der Waals surface area (Å²) in [5, 5.41) is 11.2. The van der Waals surface area contributed by atoms with Crippen molar-refractivity contribution in [2.45, 2.75) is 19.9 Å². The highest BCUT2D eigenvalue weighted by atomic mass is 16.5. The van der Waals surface area contributed by atoms with Gasteiger partial charge in [0.15, 0.2) is 0 Å². The van der Waals surface area contributed by atoms with Gasteiger partial charge in [0.2, 0.25) is 0 Å². The minimum atomic E-state index is -0.714. The first-order valence-electron chi connectivity index (χ1n) is 9.38. The number of nitrogens with zero attached hydrogens (tertiary/aromatic N) is 1. The summed E-state index contributed by atoms with van der Waals surface area (Å²) in [4.78, 5) is 27.2. The second-order valence-corrected chi connectivity index (χ2v) is 7.10. The normalized spacial score (nSPS) is 18.3. The quantitative estimate of drug-likeness (QED) is 0.461. The molecule has 1 atom stereocenters. The molecule has 0 bridgehead atoms. The minimum absolute atomic E-state index is 0.0561. The summed E-state index contributed by atoms with van der Waals surface area (Å²) in [7, 11) is 3.03. The van der Waals surface area contributed by atoms with Crippen LogP contribution in [0.4, 0.5) is 0 Å². The molecule has 1 saturated heterocycles. The second kappa shape index (κ2) is 8.49. The second-order valence-electron chi connectivity index (χ2n) is 7.10. The van der Waals surface area contributed by atoms with Crippen LogP contribution in [0.25, 0.3) is 5.76 Å². The lowest BCUT2D eigenvalue weighted by molar-refractivity contribution is -0.140. The maximum absolute atomic E-state index is 13.0. The van der Waals surface area contributed by atoms with Crippen molar-refractivity contribution in [3.63, 3.8) is 0 Å². The number of aliphatic hydroxyl groups excluding tert-OH is 1. The van der Waals surface area contributed by atoms with Crippen molar-refractivity contribution in [2.24, 2.45) is 0 Å². The molecule has 1 unspecified atom stereocenters. The number of rotatable bonds is 6. The molecule has 6 heteroatoms. The van der Waals surface area contributed by atoms with Crippen LogP contribution in [0.3, 0.4) is 0 Å². The number of methoxy groups -OCH3 is 2. The lowest BCUT2D eigenvalue weighted by atomic mass is 9.93. The van der Waals surface area contributed by atoms with E-state index in [1.165, 1.54) is 19.1 Å². The van der Waals surface area contributed by atoms with E-state index < -0.39 is 17.7 Å². The topological polar surface area (TPSA) is 76.1 Å². The van der Waals surface area contributed by atoms with E-state index in [2.05, 4.69) is 0 Å². The van der Waals surface area contributed by atoms with Gasteiger partial charge in [-0.1, -0.05) is 41.5 Å². The predicted octanol–water partition coefficient (Wildman–Crippen LogP) is 3.38. The van der Waals surface area contributed by atoms with Gasteiger partial charge < -0.3 is 19.5 Å². The Balaban J connectivity index is 2.23. The Kier molecular flexibility index (Phi) is 6.03. The van der Waals surface area contributed by atoms with Crippen LogP contribution >= 0.6 is 0 Å². The van der Waals surface area contributed by atoms with Crippen molar-refractivity contribution in [1.82, 2.24) is 4.90 Å². The van der Waals surface area contributed by atoms with Gasteiger partial charge in [-0.25, -0.2) is 0 Å². The van der Waals surface area contributed by atoms with Gasteiger partial charge in [0, 0.05) is 13.7 Å². The van der Waals surface area contributed by atoms with Crippen molar-refractivity contribution >= 4 is 17.4 Å². The summed E-state index contributed by atoms with van der Waals surface area (Å²) in [6.45, 7) is 4.34. The predicted molar refractivity (Wildman–Crippen MR) is 110 cm³/mol. The van der Waals surface area contributed by atoms with Gasteiger partial charge in [-0.15, -0.1) is 0 Å². The fourth-order valence-electron chi connectivity index (χ4n) is 3.64. The first-order valence-corrected chi connectivity index (χ1v) is 9.38. The van der Waals surface area contributed by atoms with Gasteiger partial charge in [0.05, 0.1) is 30.9 Å². The fraction of sp³-hybridized carbons (Fsp3) is 0.304. The SMILES string of the molecule is COCCN1C(=O)C(=O)/C(=C(/O)c2cc(C)ccc2OC)C1c1cccc(C)c1. The molecule has 0 saturated carbocycles. The fourth-order valence-corrected chi connectivity index (χ4v) is 3.64. The highest BCUT2D eigenvalue weighted by Crippen LogP contribution is 2.41. The van der Waals surface area contributed by atoms with Crippen molar-refractivity contribution in [1.29, 1.82) is 0 Å². The molecular formula is C23H25NO5. The summed E-state index contributed by atoms with van der Waals surface area (Å²) in [6.07, 6.45) is 0. The summed E-state index contributed by atoms with van der Waals surface area (Å²) in [5.41, 5.74) is 3.09. The van der Waals surface area contributed by atoms with E-state index in [4.69, 9.17) is 9.47 Å². The molecule has 29 heavy (non-hydrogen) atoms. The molecule has 0 aromatic heterocycles. The highest BCUT2D eigenvalue weighted by molar-refractivity contribution is 6.46. The molecule has 152 valence electrons. The number of aliphatic hydroxyl groups is 1. The Morgan fingerprint density at radius 2 is 1.79 bits per heavy atom. The number of Topliss-reactive ketones (excluding diaryl/α,β-unsaturated/α-hetero) is 1. The van der Waals surface area contributed by atoms with Crippen LogP contribution in [-0.4, -0.2) is 49.1 Å². The number of likely N-dealkylation sites (tertiary alicyclic amines) is 1. The largest absolute Gasteiger partial charge is 0.507 e. The van der Waals surface area contributed by atoms with Gasteiger partial charge in [-0.3, -0.25) is 9.59 Å². The molecular weight excluding hydrogens is 370 g/mol. The zero-order chi connectivity index (χ0) is 21.1. The lowest BCUT2D eigenvalue weighted by Gasteiger charge is -2.25. The van der Waals surface area contributed by atoms with Crippen LogP contribution in [0.5, 0.6) is 5.75 Å². The third-order valence-corrected chi connectivity index (χ3v) is 5.04. The first-order chi connectivity index (χ1) is 13.9. The lowest BCUT2D eigenvalue weighted by Crippen LogP contribution is -2.32. The van der Waals surface area contributed by atoms with E-state index in [0.717, 1.165) is 16.7 Å². The minimum Gasteiger partial charge on any atom is -0.507 e. The maximum atomic E-state index is 13.0. The number of aryl methyl sites for hydroxylation is 2. The van der Waals surface area contributed by atoms with Crippen molar-refractivity contribution in [3.05, 3.63) is 70.3 Å². The molecule has 1 fully saturated rings. The van der Waals surface area contributed by atoms with E-state index in [1.54, 1.807) is 12.1 Å². The van der Waals surface area contributed by atoms with Crippen LogP contribution in [0.2, 0.25) is 0 Å². The van der Waals surface area contributed by atoms with Crippen LogP contribution in [-0.2, 0) is 14.3 Å². The third-order valence-electron chi connectivity index (χ3n) is 5.04. The molecule has 1 N–H and O–H groups in total. The van der Waals surface area contributed by atoms with Gasteiger partial charge in [0.25, 0.3) is 11.7 Å². The zero-order valence-corrected chi connectivity index (χ0v) is 17.1. The number of hydrogen-bond donors (Lipinski definition) is 1. The average molecular weight is 395 g/mol. The monoisotopic (exact) mass is 395 g/mol. The summed E-state index contributed by atoms with van der Waals surface area (Å²) >= 11 is 0. The molecule has 2 aromatic carbocycles. The maximum Gasteiger partial charge on any atom is 0.295 e. The van der Waals surface area contributed by atoms with E-state index >= 15 is 0 Å². The number of hydrogen-bond acceptors (Lipinski definition) is 5. The number of benzene rings is 2. The number of ketones is 1. The molecule has 0 aliphatic carbocycles. The average Bonchev–Trinajstić information content (AvgIpc) is 2.96. The molecule has 2 aromatic rings. The Labute approximate surface area is 170 Å². The molecule has 1 amide bonds. The van der Waals surface area contributed by atoms with Gasteiger partial charge in [0.1, 0.15) is 11.5 Å².